The summed E-state index contributed by atoms with van der Waals surface area (Å²) in [6.45, 7) is 5.60. The maximum atomic E-state index is 11.6. The summed E-state index contributed by atoms with van der Waals surface area (Å²) in [5.41, 5.74) is 9.19. The molecular weight excluding hydrogens is 238 g/mol. The summed E-state index contributed by atoms with van der Waals surface area (Å²) < 4.78 is 0. The number of nitrogens with two attached hydrogens (primary N) is 1. The summed E-state index contributed by atoms with van der Waals surface area (Å²) in [4.78, 5) is 13.4. The van der Waals surface area contributed by atoms with Crippen LogP contribution in [0.25, 0.3) is 0 Å². The lowest BCUT2D eigenvalue weighted by Crippen LogP contribution is -2.45. The molecule has 0 saturated heterocycles. The highest BCUT2D eigenvalue weighted by atomic mass is 16.2. The smallest absolute Gasteiger partial charge is 0.227 e. The van der Waals surface area contributed by atoms with Gasteiger partial charge in [-0.05, 0) is 37.5 Å². The Bertz CT molecular complexity index is 482. The topological polar surface area (TPSA) is 58.4 Å². The van der Waals surface area contributed by atoms with E-state index in [1.54, 1.807) is 4.90 Å². The van der Waals surface area contributed by atoms with Crippen molar-refractivity contribution in [3.63, 3.8) is 0 Å². The first kappa shape index (κ1) is 14.0. The van der Waals surface area contributed by atoms with Gasteiger partial charge in [-0.25, -0.2) is 0 Å². The summed E-state index contributed by atoms with van der Waals surface area (Å²) in [7, 11) is 1.84. The number of amides is 1. The molecule has 1 heterocycles. The Hall–Kier alpha value is -1.39. The van der Waals surface area contributed by atoms with Crippen LogP contribution in [-0.2, 0) is 17.8 Å². The molecular formula is C15H23N3O. The van der Waals surface area contributed by atoms with E-state index in [0.29, 0.717) is 13.0 Å². The lowest BCUT2D eigenvalue weighted by molar-refractivity contribution is -0.118. The molecule has 0 aliphatic carbocycles. The average Bonchev–Trinajstić information content (AvgIpc) is 2.41. The number of hydrogen-bond donors (Lipinski definition) is 2. The van der Waals surface area contributed by atoms with E-state index >= 15 is 0 Å². The van der Waals surface area contributed by atoms with Gasteiger partial charge in [0.2, 0.25) is 5.91 Å². The molecule has 1 aromatic rings. The van der Waals surface area contributed by atoms with Crippen molar-refractivity contribution < 1.29 is 4.79 Å². The van der Waals surface area contributed by atoms with Crippen LogP contribution in [0.2, 0.25) is 0 Å². The van der Waals surface area contributed by atoms with Gasteiger partial charge in [-0.2, -0.15) is 0 Å². The highest BCUT2D eigenvalue weighted by Crippen LogP contribution is 2.27. The number of hydrogen-bond acceptors (Lipinski definition) is 3. The Morgan fingerprint density at radius 1 is 1.37 bits per heavy atom. The van der Waals surface area contributed by atoms with Crippen LogP contribution in [0.4, 0.5) is 5.69 Å². The number of carbonyl (C=O) groups is 1. The lowest BCUT2D eigenvalue weighted by Gasteiger charge is -2.27. The zero-order valence-electron chi connectivity index (χ0n) is 12.0. The standard InChI is InChI=1S/C15H23N3O/c1-15(2,10-16)17-9-11-4-6-13-12(8-11)5-7-14(19)18(13)3/h4,6,8,17H,5,7,9-10,16H2,1-3H3. The summed E-state index contributed by atoms with van der Waals surface area (Å²) in [5, 5.41) is 3.45. The maximum absolute atomic E-state index is 11.6. The molecule has 104 valence electrons. The third-order valence-electron chi connectivity index (χ3n) is 3.77. The number of nitrogens with one attached hydrogen (secondary N) is 1. The number of benzene rings is 1. The zero-order valence-corrected chi connectivity index (χ0v) is 12.0. The summed E-state index contributed by atoms with van der Waals surface area (Å²) in [6, 6.07) is 6.31. The quantitative estimate of drug-likeness (QED) is 0.862. The monoisotopic (exact) mass is 261 g/mol. The summed E-state index contributed by atoms with van der Waals surface area (Å²) >= 11 is 0. The van der Waals surface area contributed by atoms with Gasteiger partial charge < -0.3 is 16.0 Å². The maximum Gasteiger partial charge on any atom is 0.227 e. The van der Waals surface area contributed by atoms with Crippen LogP contribution in [0.1, 0.15) is 31.4 Å². The number of nitrogens with zero attached hydrogens (tertiary/aromatic N) is 1. The van der Waals surface area contributed by atoms with Crippen LogP contribution in [0.15, 0.2) is 18.2 Å². The molecule has 2 rings (SSSR count). The van der Waals surface area contributed by atoms with Gasteiger partial charge in [0.05, 0.1) is 0 Å². The second kappa shape index (κ2) is 5.31. The van der Waals surface area contributed by atoms with E-state index in [-0.39, 0.29) is 11.4 Å². The number of anilines is 1. The third kappa shape index (κ3) is 3.14. The van der Waals surface area contributed by atoms with Gasteiger partial charge in [-0.3, -0.25) is 4.79 Å². The Balaban J connectivity index is 2.12. The fourth-order valence-electron chi connectivity index (χ4n) is 2.23. The first-order chi connectivity index (χ1) is 8.93. The van der Waals surface area contributed by atoms with Crippen LogP contribution < -0.4 is 16.0 Å². The van der Waals surface area contributed by atoms with Gasteiger partial charge in [0, 0.05) is 37.8 Å². The van der Waals surface area contributed by atoms with Gasteiger partial charge in [-0.1, -0.05) is 12.1 Å². The second-order valence-corrected chi connectivity index (χ2v) is 5.86. The number of rotatable bonds is 4. The van der Waals surface area contributed by atoms with Crippen LogP contribution in [0.3, 0.4) is 0 Å². The van der Waals surface area contributed by atoms with E-state index in [1.807, 2.05) is 13.1 Å². The minimum Gasteiger partial charge on any atom is -0.329 e. The third-order valence-corrected chi connectivity index (χ3v) is 3.77. The molecule has 0 radical (unpaired) electrons. The van der Waals surface area contributed by atoms with E-state index in [0.717, 1.165) is 18.7 Å². The first-order valence-electron chi connectivity index (χ1n) is 6.76. The minimum atomic E-state index is -0.0529. The van der Waals surface area contributed by atoms with Crippen molar-refractivity contribution in [2.24, 2.45) is 5.73 Å². The largest absolute Gasteiger partial charge is 0.329 e. The van der Waals surface area contributed by atoms with Crippen LogP contribution >= 0.6 is 0 Å². The van der Waals surface area contributed by atoms with E-state index in [2.05, 4.69) is 31.3 Å². The fraction of sp³-hybridized carbons (Fsp3) is 0.533. The van der Waals surface area contributed by atoms with Gasteiger partial charge in [0.1, 0.15) is 0 Å². The van der Waals surface area contributed by atoms with Crippen molar-refractivity contribution >= 4 is 11.6 Å². The summed E-state index contributed by atoms with van der Waals surface area (Å²) in [6.07, 6.45) is 1.45. The van der Waals surface area contributed by atoms with Gasteiger partial charge >= 0.3 is 0 Å². The minimum absolute atomic E-state index is 0.0529. The number of aryl methyl sites for hydroxylation is 1. The predicted octanol–water partition coefficient (Wildman–Crippen LogP) is 1.42. The van der Waals surface area contributed by atoms with Gasteiger partial charge in [0.15, 0.2) is 0 Å². The molecule has 0 fully saturated rings. The number of fused-ring (bicyclic) bond motifs is 1. The zero-order chi connectivity index (χ0) is 14.0. The molecule has 1 aliphatic rings. The highest BCUT2D eigenvalue weighted by molar-refractivity contribution is 5.95. The van der Waals surface area contributed by atoms with Crippen LogP contribution in [0, 0.1) is 0 Å². The van der Waals surface area contributed by atoms with Crippen molar-refractivity contribution in [2.75, 3.05) is 18.5 Å². The second-order valence-electron chi connectivity index (χ2n) is 5.86. The Morgan fingerprint density at radius 3 is 2.79 bits per heavy atom. The molecule has 1 amide bonds. The predicted molar refractivity (Wildman–Crippen MR) is 78.1 cm³/mol. The average molecular weight is 261 g/mol. The molecule has 4 nitrogen and oxygen atoms in total. The molecule has 1 aliphatic heterocycles. The molecule has 3 N–H and O–H groups in total. The van der Waals surface area contributed by atoms with Crippen LogP contribution in [-0.4, -0.2) is 25.0 Å². The highest BCUT2D eigenvalue weighted by Gasteiger charge is 2.21. The van der Waals surface area contributed by atoms with E-state index < -0.39 is 0 Å². The van der Waals surface area contributed by atoms with Gasteiger partial charge in [-0.15, -0.1) is 0 Å². The van der Waals surface area contributed by atoms with Gasteiger partial charge in [0.25, 0.3) is 0 Å². The van der Waals surface area contributed by atoms with Crippen molar-refractivity contribution in [2.45, 2.75) is 38.8 Å². The van der Waals surface area contributed by atoms with Crippen molar-refractivity contribution in [3.05, 3.63) is 29.3 Å². The Kier molecular flexibility index (Phi) is 3.92. The van der Waals surface area contributed by atoms with Crippen LogP contribution in [0.5, 0.6) is 0 Å². The van der Waals surface area contributed by atoms with E-state index in [9.17, 15) is 4.79 Å². The number of carbonyl (C=O) groups excluding carboxylic acids is 1. The molecule has 1 aromatic carbocycles. The van der Waals surface area contributed by atoms with E-state index in [4.69, 9.17) is 5.73 Å². The SMILES string of the molecule is CN1C(=O)CCc2cc(CNC(C)(C)CN)ccc21. The Labute approximate surface area is 115 Å². The van der Waals surface area contributed by atoms with Crippen molar-refractivity contribution in [1.29, 1.82) is 0 Å². The molecule has 0 unspecified atom stereocenters. The molecule has 0 spiro atoms. The Morgan fingerprint density at radius 2 is 2.11 bits per heavy atom. The molecule has 0 saturated carbocycles. The van der Waals surface area contributed by atoms with Crippen molar-refractivity contribution in [1.82, 2.24) is 5.32 Å². The molecule has 19 heavy (non-hydrogen) atoms. The normalized spacial score (nSPS) is 15.6. The van der Waals surface area contributed by atoms with E-state index in [1.165, 1.54) is 11.1 Å². The lowest BCUT2D eigenvalue weighted by atomic mass is 9.98. The molecule has 0 atom stereocenters. The summed E-state index contributed by atoms with van der Waals surface area (Å²) in [5.74, 6) is 0.197. The first-order valence-corrected chi connectivity index (χ1v) is 6.76. The molecule has 4 heteroatoms. The molecule has 0 bridgehead atoms. The molecule has 0 aromatic heterocycles. The van der Waals surface area contributed by atoms with Crippen molar-refractivity contribution in [3.8, 4) is 0 Å². The fourth-order valence-corrected chi connectivity index (χ4v) is 2.23.